The Bertz CT molecular complexity index is 1130. The van der Waals surface area contributed by atoms with Crippen LogP contribution in [0.25, 0.3) is 11.3 Å². The van der Waals surface area contributed by atoms with Crippen LogP contribution >= 0.6 is 34.2 Å². The number of nitrogens with one attached hydrogen (secondary N) is 1. The van der Waals surface area contributed by atoms with Gasteiger partial charge in [0.05, 0.1) is 17.7 Å². The van der Waals surface area contributed by atoms with Gasteiger partial charge in [0.2, 0.25) is 18.1 Å². The maximum absolute atomic E-state index is 13.7. The van der Waals surface area contributed by atoms with Crippen LogP contribution in [0.5, 0.6) is 0 Å². The average molecular weight is 602 g/mol. The van der Waals surface area contributed by atoms with Gasteiger partial charge in [-0.1, -0.05) is 59.2 Å². The Balaban J connectivity index is 1.70. The first-order chi connectivity index (χ1) is 16.4. The number of halogens is 3. The van der Waals surface area contributed by atoms with Crippen LogP contribution in [0.1, 0.15) is 12.5 Å². The highest BCUT2D eigenvalue weighted by Crippen LogP contribution is 2.32. The van der Waals surface area contributed by atoms with Gasteiger partial charge in [0.25, 0.3) is 0 Å². The molecule has 0 fully saturated rings. The molecule has 0 aliphatic rings. The normalized spacial score (nSPS) is 11.8. The van der Waals surface area contributed by atoms with Crippen LogP contribution in [-0.4, -0.2) is 41.7 Å². The van der Waals surface area contributed by atoms with Gasteiger partial charge in [0.1, 0.15) is 9.39 Å². The van der Waals surface area contributed by atoms with Crippen molar-refractivity contribution in [3.05, 3.63) is 68.5 Å². The Kier molecular flexibility index (Phi) is 9.36. The van der Waals surface area contributed by atoms with E-state index in [1.807, 2.05) is 52.9 Å². The molecule has 1 heterocycles. The van der Waals surface area contributed by atoms with Crippen molar-refractivity contribution >= 4 is 52.3 Å². The molecule has 0 spiro atoms. The van der Waals surface area contributed by atoms with Gasteiger partial charge in [0, 0.05) is 25.6 Å². The number of benzene rings is 2. The van der Waals surface area contributed by atoms with Gasteiger partial charge in [-0.2, -0.15) is 5.06 Å². The second-order valence-corrected chi connectivity index (χ2v) is 8.53. The summed E-state index contributed by atoms with van der Waals surface area (Å²) < 4.78 is 19.7. The van der Waals surface area contributed by atoms with Crippen LogP contribution in [0.2, 0.25) is 5.02 Å². The van der Waals surface area contributed by atoms with E-state index in [2.05, 4.69) is 10.6 Å². The van der Waals surface area contributed by atoms with Crippen LogP contribution < -0.4 is 16.2 Å². The van der Waals surface area contributed by atoms with E-state index in [-0.39, 0.29) is 36.4 Å². The Morgan fingerprint density at radius 3 is 2.71 bits per heavy atom. The van der Waals surface area contributed by atoms with E-state index >= 15 is 0 Å². The topological polar surface area (TPSA) is 114 Å². The third-order valence-corrected chi connectivity index (χ3v) is 6.21. The molecule has 0 aliphatic heterocycles. The number of rotatable bonds is 11. The van der Waals surface area contributed by atoms with Crippen molar-refractivity contribution in [1.29, 1.82) is 0 Å². The lowest BCUT2D eigenvalue weighted by molar-refractivity contribution is -0.137. The van der Waals surface area contributed by atoms with Gasteiger partial charge in [-0.15, -0.1) is 0 Å². The van der Waals surface area contributed by atoms with Gasteiger partial charge in [-0.3, -0.25) is 19.4 Å². The fourth-order valence-electron chi connectivity index (χ4n) is 3.09. The van der Waals surface area contributed by atoms with Gasteiger partial charge >= 0.3 is 0 Å². The molecule has 12 heteroatoms. The number of hydrogen-bond donors (Lipinski definition) is 2. The molecule has 0 bridgehead atoms. The van der Waals surface area contributed by atoms with Gasteiger partial charge < -0.3 is 10.3 Å². The molecule has 9 nitrogen and oxygen atoms in total. The van der Waals surface area contributed by atoms with Crippen LogP contribution in [0.15, 0.2) is 53.1 Å². The van der Waals surface area contributed by atoms with E-state index in [1.165, 1.54) is 24.1 Å². The lowest BCUT2D eigenvalue weighted by Crippen LogP contribution is -2.54. The van der Waals surface area contributed by atoms with E-state index < -0.39 is 11.9 Å². The van der Waals surface area contributed by atoms with Crippen molar-refractivity contribution in [3.8, 4) is 11.3 Å². The molecule has 2 amide bonds. The van der Waals surface area contributed by atoms with Crippen molar-refractivity contribution in [3.63, 3.8) is 0 Å². The molecular formula is C22H22ClFIN5O4. The van der Waals surface area contributed by atoms with Crippen molar-refractivity contribution in [2.45, 2.75) is 19.5 Å². The minimum atomic E-state index is -0.662. The number of aromatic nitrogens is 1. The van der Waals surface area contributed by atoms with Gasteiger partial charge in [-0.25, -0.2) is 9.82 Å². The molecule has 0 saturated carbocycles. The monoisotopic (exact) mass is 601 g/mol. The third kappa shape index (κ3) is 6.10. The average Bonchev–Trinajstić information content (AvgIpc) is 3.22. The fraction of sp³-hybridized carbons (Fsp3) is 0.227. The number of nitrogens with zero attached hydrogens (tertiary/aromatic N) is 3. The largest absolute Gasteiger partial charge is 0.353 e. The number of hydrogen-bond acceptors (Lipinski definition) is 7. The number of nitrogens with two attached hydrogens (primary N) is 1. The van der Waals surface area contributed by atoms with Crippen molar-refractivity contribution in [2.24, 2.45) is 5.73 Å². The molecular weight excluding hydrogens is 580 g/mol. The zero-order valence-electron chi connectivity index (χ0n) is 18.1. The fourth-order valence-corrected chi connectivity index (χ4v) is 4.02. The van der Waals surface area contributed by atoms with Gasteiger partial charge in [-0.05, 0) is 34.2 Å². The quantitative estimate of drug-likeness (QED) is 0.196. The van der Waals surface area contributed by atoms with E-state index in [9.17, 15) is 14.0 Å². The van der Waals surface area contributed by atoms with Crippen molar-refractivity contribution < 1.29 is 23.3 Å². The molecule has 0 aliphatic carbocycles. The summed E-state index contributed by atoms with van der Waals surface area (Å²) in [6, 6.07) is 13.0. The maximum atomic E-state index is 13.7. The summed E-state index contributed by atoms with van der Waals surface area (Å²) >= 11 is 8.00. The SMILES string of the molecule is CC(=O)N(NCc1cccc(F)c1Cl)[C@@H](CN)CON(C=O)c1noc(-c2ccccc2)c1I. The van der Waals surface area contributed by atoms with Crippen molar-refractivity contribution in [1.82, 2.24) is 15.6 Å². The second-order valence-electron chi connectivity index (χ2n) is 7.07. The van der Waals surface area contributed by atoms with Crippen LogP contribution in [-0.2, 0) is 21.0 Å². The first-order valence-electron chi connectivity index (χ1n) is 10.1. The molecule has 3 rings (SSSR count). The molecule has 3 aromatic rings. The van der Waals surface area contributed by atoms with Gasteiger partial charge in [0.15, 0.2) is 5.76 Å². The zero-order valence-corrected chi connectivity index (χ0v) is 21.0. The number of hydrazine groups is 1. The number of carbonyl (C=O) groups is 2. The summed E-state index contributed by atoms with van der Waals surface area (Å²) in [4.78, 5) is 29.6. The Morgan fingerprint density at radius 1 is 1.32 bits per heavy atom. The molecule has 180 valence electrons. The lowest BCUT2D eigenvalue weighted by atomic mass is 10.2. The first kappa shape index (κ1) is 26.0. The highest BCUT2D eigenvalue weighted by Gasteiger charge is 2.25. The number of amides is 2. The minimum absolute atomic E-state index is 0.0152. The summed E-state index contributed by atoms with van der Waals surface area (Å²) in [5.74, 6) is -0.264. The number of anilines is 1. The first-order valence-corrected chi connectivity index (χ1v) is 11.6. The van der Waals surface area contributed by atoms with Crippen LogP contribution in [0.4, 0.5) is 10.2 Å². The summed E-state index contributed by atoms with van der Waals surface area (Å²) in [7, 11) is 0. The van der Waals surface area contributed by atoms with Crippen LogP contribution in [0, 0.1) is 9.39 Å². The van der Waals surface area contributed by atoms with Crippen LogP contribution in [0.3, 0.4) is 0 Å². The van der Waals surface area contributed by atoms with Crippen molar-refractivity contribution in [2.75, 3.05) is 18.2 Å². The molecule has 0 radical (unpaired) electrons. The summed E-state index contributed by atoms with van der Waals surface area (Å²) in [6.45, 7) is 1.29. The zero-order chi connectivity index (χ0) is 24.7. The smallest absolute Gasteiger partial charge is 0.239 e. The standard InChI is InChI=1S/C22H22ClFIN5O4/c1-14(32)30(27-11-16-8-5-9-18(24)19(16)23)17(10-26)12-33-29(13-31)22-20(25)21(34-28-22)15-6-3-2-4-7-15/h2-9,13,17,27H,10-12,26H2,1H3/t17-/m0/s1. The summed E-state index contributed by atoms with van der Waals surface area (Å²) in [5.41, 5.74) is 10.0. The highest BCUT2D eigenvalue weighted by atomic mass is 127. The highest BCUT2D eigenvalue weighted by molar-refractivity contribution is 14.1. The van der Waals surface area contributed by atoms with E-state index in [0.29, 0.717) is 21.3 Å². The Morgan fingerprint density at radius 2 is 2.06 bits per heavy atom. The second kappa shape index (κ2) is 12.2. The Labute approximate surface area is 214 Å². The molecule has 0 saturated heterocycles. The summed E-state index contributed by atoms with van der Waals surface area (Å²) in [6.07, 6.45) is 0.445. The molecule has 0 unspecified atom stereocenters. The van der Waals surface area contributed by atoms with E-state index in [1.54, 1.807) is 6.07 Å². The predicted molar refractivity (Wildman–Crippen MR) is 133 cm³/mol. The third-order valence-electron chi connectivity index (χ3n) is 4.81. The molecule has 3 N–H and O–H groups in total. The number of carbonyl (C=O) groups excluding carboxylic acids is 2. The maximum Gasteiger partial charge on any atom is 0.239 e. The lowest BCUT2D eigenvalue weighted by Gasteiger charge is -2.31. The summed E-state index contributed by atoms with van der Waals surface area (Å²) in [5, 5.41) is 6.09. The number of hydroxylamine groups is 1. The molecule has 1 atom stereocenters. The molecule has 1 aromatic heterocycles. The molecule has 2 aromatic carbocycles. The minimum Gasteiger partial charge on any atom is -0.353 e. The predicted octanol–water partition coefficient (Wildman–Crippen LogP) is 3.51. The van der Waals surface area contributed by atoms with E-state index in [4.69, 9.17) is 26.7 Å². The Hall–Kier alpha value is -2.58. The molecule has 34 heavy (non-hydrogen) atoms. The van der Waals surface area contributed by atoms with E-state index in [0.717, 1.165) is 10.6 Å².